The minimum atomic E-state index is -0.174. The average molecular weight is 508 g/mol. The number of aromatic hydroxyl groups is 4. The first kappa shape index (κ1) is 24.2. The fourth-order valence-corrected chi connectivity index (χ4v) is 3.91. The quantitative estimate of drug-likeness (QED) is 0.232. The van der Waals surface area contributed by atoms with Crippen molar-refractivity contribution in [2.24, 2.45) is 0 Å². The largest absolute Gasteiger partial charge is 0.508 e. The summed E-state index contributed by atoms with van der Waals surface area (Å²) in [6.45, 7) is 0. The highest BCUT2D eigenvalue weighted by Crippen LogP contribution is 2.25. The summed E-state index contributed by atoms with van der Waals surface area (Å²) in [6.07, 6.45) is 2.72. The van der Waals surface area contributed by atoms with E-state index in [4.69, 9.17) is 8.83 Å². The van der Waals surface area contributed by atoms with Crippen molar-refractivity contribution in [3.63, 3.8) is 0 Å². The Morgan fingerprint density at radius 3 is 1.16 bits per heavy atom. The van der Waals surface area contributed by atoms with E-state index in [1.54, 1.807) is 24.3 Å². The van der Waals surface area contributed by atoms with Gasteiger partial charge in [0.25, 0.3) is 0 Å². The lowest BCUT2D eigenvalue weighted by atomic mass is 10.1. The monoisotopic (exact) mass is 508 g/mol. The van der Waals surface area contributed by atoms with Crippen LogP contribution in [-0.2, 0) is 0 Å². The molecule has 6 rings (SSSR count). The highest BCUT2D eigenvalue weighted by atomic mass is 16.3. The Balaban J connectivity index is 0.000000155. The highest BCUT2D eigenvalue weighted by Gasteiger charge is 2.10. The first-order chi connectivity index (χ1) is 18.3. The molecule has 0 aliphatic carbocycles. The second-order valence-electron chi connectivity index (χ2n) is 8.41. The summed E-state index contributed by atoms with van der Waals surface area (Å²) in [5, 5.41) is 38.0. The van der Waals surface area contributed by atoms with E-state index in [2.05, 4.69) is 0 Å². The van der Waals surface area contributed by atoms with E-state index in [9.17, 15) is 30.0 Å². The molecule has 0 atom stereocenters. The zero-order chi connectivity index (χ0) is 26.8. The lowest BCUT2D eigenvalue weighted by Crippen LogP contribution is -2.04. The number of hydrogen-bond acceptors (Lipinski definition) is 8. The molecule has 4 N–H and O–H groups in total. The first-order valence-electron chi connectivity index (χ1n) is 11.4. The van der Waals surface area contributed by atoms with Gasteiger partial charge in [-0.3, -0.25) is 9.59 Å². The van der Waals surface area contributed by atoms with Crippen LogP contribution in [0.4, 0.5) is 0 Å². The molecule has 0 aliphatic heterocycles. The van der Waals surface area contributed by atoms with Gasteiger partial charge in [-0.1, -0.05) is 24.3 Å². The molecule has 2 aromatic heterocycles. The molecule has 8 heteroatoms. The highest BCUT2D eigenvalue weighted by molar-refractivity contribution is 5.83. The second-order valence-corrected chi connectivity index (χ2v) is 8.41. The van der Waals surface area contributed by atoms with Gasteiger partial charge in [-0.05, 0) is 59.7 Å². The number of phenols is 4. The van der Waals surface area contributed by atoms with Crippen LogP contribution >= 0.6 is 0 Å². The minimum absolute atomic E-state index is 0.0491. The summed E-state index contributed by atoms with van der Waals surface area (Å²) in [5.41, 5.74) is 2.50. The van der Waals surface area contributed by atoms with Crippen molar-refractivity contribution in [1.29, 1.82) is 0 Å². The topological polar surface area (TPSA) is 141 Å². The molecular weight excluding hydrogens is 488 g/mol. The maximum absolute atomic E-state index is 12.3. The summed E-state index contributed by atoms with van der Waals surface area (Å²) in [4.78, 5) is 24.6. The van der Waals surface area contributed by atoms with Gasteiger partial charge >= 0.3 is 0 Å². The zero-order valence-electron chi connectivity index (χ0n) is 19.7. The van der Waals surface area contributed by atoms with Gasteiger partial charge in [0, 0.05) is 12.1 Å². The van der Waals surface area contributed by atoms with Crippen molar-refractivity contribution >= 4 is 21.9 Å². The Morgan fingerprint density at radius 2 is 0.789 bits per heavy atom. The summed E-state index contributed by atoms with van der Waals surface area (Å²) >= 11 is 0. The zero-order valence-corrected chi connectivity index (χ0v) is 19.7. The van der Waals surface area contributed by atoms with E-state index in [1.807, 2.05) is 0 Å². The van der Waals surface area contributed by atoms with Gasteiger partial charge in [0.2, 0.25) is 0 Å². The lowest BCUT2D eigenvalue weighted by molar-refractivity contribution is 0.473. The van der Waals surface area contributed by atoms with Crippen molar-refractivity contribution in [2.75, 3.05) is 0 Å². The Kier molecular flexibility index (Phi) is 6.28. The second kappa shape index (κ2) is 9.87. The molecule has 0 spiro atoms. The third-order valence-corrected chi connectivity index (χ3v) is 5.87. The third-order valence-electron chi connectivity index (χ3n) is 5.87. The Bertz CT molecular complexity index is 1740. The van der Waals surface area contributed by atoms with E-state index in [1.165, 1.54) is 73.2 Å². The van der Waals surface area contributed by atoms with E-state index in [0.29, 0.717) is 44.2 Å². The van der Waals surface area contributed by atoms with Crippen molar-refractivity contribution in [1.82, 2.24) is 0 Å². The molecule has 8 nitrogen and oxygen atoms in total. The molecular formula is C30H20O8. The van der Waals surface area contributed by atoms with Gasteiger partial charge in [0.15, 0.2) is 10.9 Å². The van der Waals surface area contributed by atoms with Crippen LogP contribution < -0.4 is 10.9 Å². The lowest BCUT2D eigenvalue weighted by Gasteiger charge is -2.03. The summed E-state index contributed by atoms with van der Waals surface area (Å²) in [6, 6.07) is 21.4. The first-order valence-corrected chi connectivity index (χ1v) is 11.4. The van der Waals surface area contributed by atoms with Crippen LogP contribution in [0.2, 0.25) is 0 Å². The SMILES string of the molecule is O=c1c(-c2ccc(O)cc2)coc2cc(O)ccc12.O=c1c(-c2ccc(O)cc2)coc2cc(O)ccc12. The number of benzene rings is 4. The molecule has 0 bridgehead atoms. The number of fused-ring (bicyclic) bond motifs is 2. The molecule has 0 radical (unpaired) electrons. The van der Waals surface area contributed by atoms with Crippen LogP contribution in [0.5, 0.6) is 23.0 Å². The minimum Gasteiger partial charge on any atom is -0.508 e. The van der Waals surface area contributed by atoms with E-state index in [0.717, 1.165) is 0 Å². The van der Waals surface area contributed by atoms with Crippen molar-refractivity contribution in [2.45, 2.75) is 0 Å². The summed E-state index contributed by atoms with van der Waals surface area (Å²) in [7, 11) is 0. The van der Waals surface area contributed by atoms with Crippen LogP contribution in [0.3, 0.4) is 0 Å². The van der Waals surface area contributed by atoms with Gasteiger partial charge in [-0.2, -0.15) is 0 Å². The summed E-state index contributed by atoms with van der Waals surface area (Å²) < 4.78 is 10.7. The number of hydrogen-bond donors (Lipinski definition) is 4. The molecule has 6 aromatic rings. The molecule has 4 aromatic carbocycles. The Hall–Kier alpha value is -5.50. The van der Waals surface area contributed by atoms with Crippen LogP contribution in [0.25, 0.3) is 44.2 Å². The average Bonchev–Trinajstić information content (AvgIpc) is 2.91. The van der Waals surface area contributed by atoms with Crippen molar-refractivity contribution in [3.8, 4) is 45.3 Å². The predicted octanol–water partition coefficient (Wildman–Crippen LogP) is 5.74. The molecule has 2 heterocycles. The number of rotatable bonds is 2. The molecule has 0 unspecified atom stereocenters. The normalized spacial score (nSPS) is 10.7. The predicted molar refractivity (Wildman–Crippen MR) is 142 cm³/mol. The fourth-order valence-electron chi connectivity index (χ4n) is 3.91. The van der Waals surface area contributed by atoms with Crippen LogP contribution in [0, 0.1) is 0 Å². The van der Waals surface area contributed by atoms with E-state index < -0.39 is 0 Å². The van der Waals surface area contributed by atoms with Gasteiger partial charge < -0.3 is 29.3 Å². The van der Waals surface area contributed by atoms with E-state index in [-0.39, 0.29) is 33.9 Å². The Morgan fingerprint density at radius 1 is 0.447 bits per heavy atom. The van der Waals surface area contributed by atoms with Gasteiger partial charge in [0.05, 0.1) is 21.9 Å². The van der Waals surface area contributed by atoms with Crippen molar-refractivity contribution < 1.29 is 29.3 Å². The molecule has 0 fully saturated rings. The molecule has 0 saturated heterocycles. The standard InChI is InChI=1S/2C15H10O4/c2*16-10-3-1-9(2-4-10)13-8-19-14-7-11(17)5-6-12(14)15(13)18/h2*1-8,16-17H. The van der Waals surface area contributed by atoms with Gasteiger partial charge in [0.1, 0.15) is 46.7 Å². The third kappa shape index (κ3) is 4.78. The maximum Gasteiger partial charge on any atom is 0.200 e. The van der Waals surface area contributed by atoms with Crippen LogP contribution in [0.1, 0.15) is 0 Å². The van der Waals surface area contributed by atoms with E-state index >= 15 is 0 Å². The van der Waals surface area contributed by atoms with Gasteiger partial charge in [-0.15, -0.1) is 0 Å². The van der Waals surface area contributed by atoms with Crippen LogP contribution in [0.15, 0.2) is 116 Å². The molecule has 38 heavy (non-hydrogen) atoms. The number of phenolic OH excluding ortho intramolecular Hbond substituents is 4. The molecule has 0 aliphatic rings. The van der Waals surface area contributed by atoms with Gasteiger partial charge in [-0.25, -0.2) is 0 Å². The Labute approximate surface area is 214 Å². The molecule has 0 amide bonds. The molecule has 0 saturated carbocycles. The van der Waals surface area contributed by atoms with Crippen LogP contribution in [-0.4, -0.2) is 20.4 Å². The smallest absolute Gasteiger partial charge is 0.200 e. The van der Waals surface area contributed by atoms with Crippen molar-refractivity contribution in [3.05, 3.63) is 118 Å². The fraction of sp³-hybridized carbons (Fsp3) is 0. The molecule has 188 valence electrons. The summed E-state index contributed by atoms with van der Waals surface area (Å²) in [5.74, 6) is 0.374. The maximum atomic E-state index is 12.3.